The number of phenolic OH excluding ortho intramolecular Hbond substituents is 1. The van der Waals surface area contributed by atoms with Gasteiger partial charge in [-0.15, -0.1) is 0 Å². The van der Waals surface area contributed by atoms with E-state index in [4.69, 9.17) is 5.73 Å². The molecule has 0 saturated heterocycles. The molecule has 0 fully saturated rings. The first-order valence-corrected chi connectivity index (χ1v) is 5.54. The van der Waals surface area contributed by atoms with Gasteiger partial charge in [0.15, 0.2) is 0 Å². The lowest BCUT2D eigenvalue weighted by Gasteiger charge is -2.29. The second-order valence-corrected chi connectivity index (χ2v) is 5.28. The van der Waals surface area contributed by atoms with E-state index in [0.29, 0.717) is 12.0 Å². The molecule has 2 atom stereocenters. The molecule has 0 unspecified atom stereocenters. The number of nitrogens with two attached hydrogens (primary N) is 1. The van der Waals surface area contributed by atoms with E-state index in [2.05, 4.69) is 0 Å². The van der Waals surface area contributed by atoms with Gasteiger partial charge >= 0.3 is 0 Å². The lowest BCUT2D eigenvalue weighted by molar-refractivity contribution is 0.131. The van der Waals surface area contributed by atoms with Crippen LogP contribution in [0.3, 0.4) is 0 Å². The van der Waals surface area contributed by atoms with Crippen LogP contribution in [0, 0.1) is 5.41 Å². The monoisotopic (exact) mass is 223 g/mol. The maximum absolute atomic E-state index is 10.00. The minimum atomic E-state index is -0.713. The summed E-state index contributed by atoms with van der Waals surface area (Å²) in [4.78, 5) is 0. The van der Waals surface area contributed by atoms with Gasteiger partial charge in [-0.1, -0.05) is 39.0 Å². The number of aromatic hydroxyl groups is 1. The number of hydrogen-bond acceptors (Lipinski definition) is 3. The summed E-state index contributed by atoms with van der Waals surface area (Å²) in [5, 5.41) is 19.6. The first kappa shape index (κ1) is 13.0. The molecule has 3 heteroatoms. The van der Waals surface area contributed by atoms with E-state index in [1.807, 2.05) is 20.8 Å². The van der Waals surface area contributed by atoms with Crippen molar-refractivity contribution in [2.24, 2.45) is 11.1 Å². The van der Waals surface area contributed by atoms with Gasteiger partial charge in [-0.05, 0) is 17.9 Å². The number of para-hydroxylation sites is 1. The lowest BCUT2D eigenvalue weighted by atomic mass is 9.83. The molecule has 90 valence electrons. The maximum Gasteiger partial charge on any atom is 0.121 e. The Balaban J connectivity index is 2.73. The number of hydrogen-bond donors (Lipinski definition) is 3. The Labute approximate surface area is 96.9 Å². The predicted octanol–water partition coefficient (Wildman–Crippen LogP) is 2.19. The smallest absolute Gasteiger partial charge is 0.121 e. The summed E-state index contributed by atoms with van der Waals surface area (Å²) in [6, 6.07) is 6.70. The summed E-state index contributed by atoms with van der Waals surface area (Å²) < 4.78 is 0. The van der Waals surface area contributed by atoms with Crippen molar-refractivity contribution < 1.29 is 10.2 Å². The second-order valence-electron chi connectivity index (χ2n) is 5.28. The standard InChI is InChI=1S/C13H21NO2/c1-13(2,3)12(14)8-11(16)9-6-4-5-7-10(9)15/h4-7,11-12,15-16H,8,14H2,1-3H3/t11-,12-/m0/s1. The molecule has 16 heavy (non-hydrogen) atoms. The van der Waals surface area contributed by atoms with Crippen LogP contribution in [0.2, 0.25) is 0 Å². The fourth-order valence-electron chi connectivity index (χ4n) is 1.49. The number of aliphatic hydroxyl groups is 1. The summed E-state index contributed by atoms with van der Waals surface area (Å²) >= 11 is 0. The van der Waals surface area contributed by atoms with E-state index in [-0.39, 0.29) is 17.2 Å². The van der Waals surface area contributed by atoms with Crippen LogP contribution in [0.1, 0.15) is 38.9 Å². The number of rotatable bonds is 3. The largest absolute Gasteiger partial charge is 0.508 e. The number of aliphatic hydroxyl groups excluding tert-OH is 1. The first-order valence-electron chi connectivity index (χ1n) is 5.54. The van der Waals surface area contributed by atoms with Gasteiger partial charge in [0.1, 0.15) is 5.75 Å². The normalized spacial score (nSPS) is 15.8. The Bertz CT molecular complexity index is 344. The third-order valence-corrected chi connectivity index (χ3v) is 2.89. The Morgan fingerprint density at radius 1 is 1.25 bits per heavy atom. The summed E-state index contributed by atoms with van der Waals surface area (Å²) in [5.41, 5.74) is 6.49. The van der Waals surface area contributed by atoms with Crippen molar-refractivity contribution in [1.29, 1.82) is 0 Å². The molecule has 4 N–H and O–H groups in total. The molecule has 0 amide bonds. The summed E-state index contributed by atoms with van der Waals surface area (Å²) in [7, 11) is 0. The average molecular weight is 223 g/mol. The summed E-state index contributed by atoms with van der Waals surface area (Å²) in [5.74, 6) is 0.121. The predicted molar refractivity (Wildman–Crippen MR) is 65.1 cm³/mol. The van der Waals surface area contributed by atoms with Crippen LogP contribution in [-0.2, 0) is 0 Å². The SMILES string of the molecule is CC(C)(C)[C@@H](N)C[C@H](O)c1ccccc1O. The Kier molecular flexibility index (Phi) is 3.94. The zero-order valence-electron chi connectivity index (χ0n) is 10.1. The zero-order valence-corrected chi connectivity index (χ0v) is 10.1. The van der Waals surface area contributed by atoms with E-state index in [9.17, 15) is 10.2 Å². The van der Waals surface area contributed by atoms with Crippen molar-refractivity contribution in [1.82, 2.24) is 0 Å². The highest BCUT2D eigenvalue weighted by atomic mass is 16.3. The van der Waals surface area contributed by atoms with Gasteiger partial charge in [-0.2, -0.15) is 0 Å². The van der Waals surface area contributed by atoms with E-state index in [1.165, 1.54) is 0 Å². The zero-order chi connectivity index (χ0) is 12.3. The van der Waals surface area contributed by atoms with Crippen LogP contribution in [-0.4, -0.2) is 16.3 Å². The molecule has 1 rings (SSSR count). The molecule has 0 aliphatic rings. The Hall–Kier alpha value is -1.06. The molecule has 1 aromatic rings. The van der Waals surface area contributed by atoms with Crippen LogP contribution in [0.4, 0.5) is 0 Å². The van der Waals surface area contributed by atoms with Crippen LogP contribution >= 0.6 is 0 Å². The van der Waals surface area contributed by atoms with Crippen LogP contribution < -0.4 is 5.73 Å². The van der Waals surface area contributed by atoms with Gasteiger partial charge < -0.3 is 15.9 Å². The van der Waals surface area contributed by atoms with Crippen LogP contribution in [0.25, 0.3) is 0 Å². The van der Waals surface area contributed by atoms with Gasteiger partial charge in [0, 0.05) is 11.6 Å². The molecule has 0 aromatic heterocycles. The fourth-order valence-corrected chi connectivity index (χ4v) is 1.49. The van der Waals surface area contributed by atoms with Gasteiger partial charge in [-0.25, -0.2) is 0 Å². The van der Waals surface area contributed by atoms with Crippen molar-refractivity contribution in [2.75, 3.05) is 0 Å². The number of phenols is 1. The summed E-state index contributed by atoms with van der Waals surface area (Å²) in [6.45, 7) is 6.11. The molecule has 0 bridgehead atoms. The number of benzene rings is 1. The molecule has 0 heterocycles. The van der Waals surface area contributed by atoms with Gasteiger partial charge in [0.25, 0.3) is 0 Å². The van der Waals surface area contributed by atoms with Crippen molar-refractivity contribution in [3.63, 3.8) is 0 Å². The molecule has 0 spiro atoms. The summed E-state index contributed by atoms with van der Waals surface area (Å²) in [6.07, 6.45) is -0.267. The highest BCUT2D eigenvalue weighted by molar-refractivity contribution is 5.33. The molecule has 1 aromatic carbocycles. The Morgan fingerprint density at radius 2 is 1.81 bits per heavy atom. The molecule has 0 aliphatic carbocycles. The Morgan fingerprint density at radius 3 is 2.31 bits per heavy atom. The minimum absolute atomic E-state index is 0.0502. The highest BCUT2D eigenvalue weighted by Crippen LogP contribution is 2.30. The van der Waals surface area contributed by atoms with Crippen molar-refractivity contribution in [3.05, 3.63) is 29.8 Å². The van der Waals surface area contributed by atoms with E-state index >= 15 is 0 Å². The van der Waals surface area contributed by atoms with Crippen LogP contribution in [0.15, 0.2) is 24.3 Å². The quantitative estimate of drug-likeness (QED) is 0.736. The molecule has 3 nitrogen and oxygen atoms in total. The van der Waals surface area contributed by atoms with Gasteiger partial charge in [0.2, 0.25) is 0 Å². The van der Waals surface area contributed by atoms with E-state index in [1.54, 1.807) is 24.3 Å². The van der Waals surface area contributed by atoms with Crippen molar-refractivity contribution >= 4 is 0 Å². The van der Waals surface area contributed by atoms with E-state index in [0.717, 1.165) is 0 Å². The third-order valence-electron chi connectivity index (χ3n) is 2.89. The van der Waals surface area contributed by atoms with E-state index < -0.39 is 6.10 Å². The third kappa shape index (κ3) is 3.22. The molecular weight excluding hydrogens is 202 g/mol. The lowest BCUT2D eigenvalue weighted by Crippen LogP contribution is -2.36. The maximum atomic E-state index is 10.00. The second kappa shape index (κ2) is 4.85. The minimum Gasteiger partial charge on any atom is -0.508 e. The fraction of sp³-hybridized carbons (Fsp3) is 0.538. The van der Waals surface area contributed by atoms with Crippen molar-refractivity contribution in [2.45, 2.75) is 39.3 Å². The topological polar surface area (TPSA) is 66.5 Å². The highest BCUT2D eigenvalue weighted by Gasteiger charge is 2.24. The first-order chi connectivity index (χ1) is 7.32. The average Bonchev–Trinajstić information content (AvgIpc) is 2.16. The molecule has 0 radical (unpaired) electrons. The molecule has 0 aliphatic heterocycles. The van der Waals surface area contributed by atoms with Crippen molar-refractivity contribution in [3.8, 4) is 5.75 Å². The van der Waals surface area contributed by atoms with Crippen LogP contribution in [0.5, 0.6) is 5.75 Å². The van der Waals surface area contributed by atoms with Gasteiger partial charge in [0.05, 0.1) is 6.10 Å². The molecule has 0 saturated carbocycles. The van der Waals surface area contributed by atoms with Gasteiger partial charge in [-0.3, -0.25) is 0 Å². The molecular formula is C13H21NO2.